The van der Waals surface area contributed by atoms with Gasteiger partial charge in [0.05, 0.1) is 0 Å². The predicted molar refractivity (Wildman–Crippen MR) is 124 cm³/mol. The lowest BCUT2D eigenvalue weighted by atomic mass is 9.73. The van der Waals surface area contributed by atoms with E-state index in [4.69, 9.17) is 21.7 Å². The lowest BCUT2D eigenvalue weighted by Crippen LogP contribution is -2.36. The molecule has 3 aromatic rings. The molecule has 1 atom stereocenters. The number of hydrogen-bond donors (Lipinski definition) is 1. The summed E-state index contributed by atoms with van der Waals surface area (Å²) in [7, 11) is 0. The van der Waals surface area contributed by atoms with E-state index < -0.39 is 0 Å². The van der Waals surface area contributed by atoms with Gasteiger partial charge in [0.25, 0.3) is 0 Å². The minimum absolute atomic E-state index is 0.0828. The number of Topliss-reactive ketones (excluding diaryl/α,β-unsaturated/α-hetero) is 1. The van der Waals surface area contributed by atoms with Crippen LogP contribution in [0.3, 0.4) is 0 Å². The Bertz CT molecular complexity index is 1170. The number of thioether (sulfide) groups is 1. The molecule has 2 heterocycles. The Morgan fingerprint density at radius 2 is 1.87 bits per heavy atom. The standard InChI is InChI=1S/C24H23ClN4OS/c1-24(2)12-18-20(19(30)13-24)21(16-8-10-17(25)11-9-16)29-22(26-18)27-23(28-29)31-14-15-6-4-3-5-7-15/h3-11,21H,12-14H2,1-2H3,(H,26,27,28). The molecule has 7 heteroatoms. The van der Waals surface area contributed by atoms with Crippen molar-refractivity contribution >= 4 is 35.1 Å². The van der Waals surface area contributed by atoms with Crippen molar-refractivity contribution in [3.63, 3.8) is 0 Å². The van der Waals surface area contributed by atoms with Gasteiger partial charge in [-0.1, -0.05) is 79.7 Å². The van der Waals surface area contributed by atoms with Crippen LogP contribution in [0, 0.1) is 5.41 Å². The molecule has 0 saturated carbocycles. The summed E-state index contributed by atoms with van der Waals surface area (Å²) in [5.74, 6) is 1.63. The fourth-order valence-electron chi connectivity index (χ4n) is 4.33. The van der Waals surface area contributed by atoms with Crippen molar-refractivity contribution in [1.82, 2.24) is 14.8 Å². The number of nitrogens with one attached hydrogen (secondary N) is 1. The molecule has 1 N–H and O–H groups in total. The number of halogens is 1. The Morgan fingerprint density at radius 1 is 1.13 bits per heavy atom. The van der Waals surface area contributed by atoms with Crippen molar-refractivity contribution in [2.24, 2.45) is 5.41 Å². The summed E-state index contributed by atoms with van der Waals surface area (Å²) >= 11 is 7.72. The number of hydrogen-bond acceptors (Lipinski definition) is 5. The molecule has 0 amide bonds. The number of nitrogens with zero attached hydrogens (tertiary/aromatic N) is 3. The van der Waals surface area contributed by atoms with Gasteiger partial charge in [-0.15, -0.1) is 5.10 Å². The molecule has 2 aliphatic rings. The highest BCUT2D eigenvalue weighted by molar-refractivity contribution is 7.98. The number of fused-ring (bicyclic) bond motifs is 1. The summed E-state index contributed by atoms with van der Waals surface area (Å²) in [6.45, 7) is 4.27. The second kappa shape index (κ2) is 7.84. The average molecular weight is 451 g/mol. The molecule has 0 fully saturated rings. The second-order valence-electron chi connectivity index (χ2n) is 8.85. The zero-order valence-electron chi connectivity index (χ0n) is 17.4. The van der Waals surface area contributed by atoms with Crippen LogP contribution in [0.1, 0.15) is 43.9 Å². The van der Waals surface area contributed by atoms with E-state index in [1.54, 1.807) is 11.8 Å². The number of ketones is 1. The molecule has 2 aromatic carbocycles. The van der Waals surface area contributed by atoms with Crippen LogP contribution in [0.5, 0.6) is 0 Å². The van der Waals surface area contributed by atoms with Gasteiger partial charge < -0.3 is 5.32 Å². The first-order valence-corrected chi connectivity index (χ1v) is 11.7. The first-order chi connectivity index (χ1) is 14.9. The van der Waals surface area contributed by atoms with Crippen LogP contribution in [-0.4, -0.2) is 20.5 Å². The highest BCUT2D eigenvalue weighted by atomic mass is 35.5. The number of rotatable bonds is 4. The second-order valence-corrected chi connectivity index (χ2v) is 10.2. The van der Waals surface area contributed by atoms with Crippen molar-refractivity contribution in [3.8, 4) is 0 Å². The fourth-order valence-corrected chi connectivity index (χ4v) is 5.24. The van der Waals surface area contributed by atoms with Crippen LogP contribution >= 0.6 is 23.4 Å². The van der Waals surface area contributed by atoms with Crippen LogP contribution < -0.4 is 5.32 Å². The number of allylic oxidation sites excluding steroid dienone is 2. The van der Waals surface area contributed by atoms with Crippen molar-refractivity contribution < 1.29 is 4.79 Å². The SMILES string of the molecule is CC1(C)CC(=O)C2=C(C1)Nc1nc(SCc3ccccc3)nn1C2c1ccc(Cl)cc1. The number of carbonyl (C=O) groups excluding carboxylic acids is 1. The lowest BCUT2D eigenvalue weighted by molar-refractivity contribution is -0.118. The molecule has 0 saturated heterocycles. The van der Waals surface area contributed by atoms with Crippen molar-refractivity contribution in [2.75, 3.05) is 5.32 Å². The average Bonchev–Trinajstić information content (AvgIpc) is 3.14. The maximum Gasteiger partial charge on any atom is 0.227 e. The topological polar surface area (TPSA) is 59.8 Å². The van der Waals surface area contributed by atoms with Crippen LogP contribution in [0.4, 0.5) is 5.95 Å². The zero-order chi connectivity index (χ0) is 21.6. The third-order valence-corrected chi connectivity index (χ3v) is 6.87. The number of benzene rings is 2. The quantitative estimate of drug-likeness (QED) is 0.503. The van der Waals surface area contributed by atoms with E-state index in [-0.39, 0.29) is 17.2 Å². The van der Waals surface area contributed by atoms with Gasteiger partial charge in [-0.05, 0) is 35.1 Å². The van der Waals surface area contributed by atoms with E-state index in [2.05, 4.69) is 31.3 Å². The number of carbonyl (C=O) groups is 1. The van der Waals surface area contributed by atoms with Crippen LogP contribution in [0.15, 0.2) is 71.0 Å². The molecule has 0 bridgehead atoms. The highest BCUT2D eigenvalue weighted by Crippen LogP contribution is 2.45. The Morgan fingerprint density at radius 3 is 2.61 bits per heavy atom. The van der Waals surface area contributed by atoms with Gasteiger partial charge in [-0.25, -0.2) is 4.68 Å². The van der Waals surface area contributed by atoms with Crippen LogP contribution in [0.2, 0.25) is 5.02 Å². The number of aromatic nitrogens is 3. The largest absolute Gasteiger partial charge is 0.328 e. The van der Waals surface area contributed by atoms with E-state index >= 15 is 0 Å². The third-order valence-electron chi connectivity index (χ3n) is 5.71. The first kappa shape index (κ1) is 20.3. The van der Waals surface area contributed by atoms with E-state index in [0.29, 0.717) is 22.5 Å². The molecule has 1 aliphatic carbocycles. The molecule has 5 rings (SSSR count). The lowest BCUT2D eigenvalue weighted by Gasteiger charge is -2.38. The molecule has 0 radical (unpaired) electrons. The Balaban J connectivity index is 1.54. The molecule has 5 nitrogen and oxygen atoms in total. The summed E-state index contributed by atoms with van der Waals surface area (Å²) in [5.41, 5.74) is 3.87. The minimum atomic E-state index is -0.300. The fraction of sp³-hybridized carbons (Fsp3) is 0.292. The van der Waals surface area contributed by atoms with Gasteiger partial charge in [-0.2, -0.15) is 4.98 Å². The normalized spacial score (nSPS) is 19.6. The molecular weight excluding hydrogens is 428 g/mol. The molecule has 1 aromatic heterocycles. The van der Waals surface area contributed by atoms with Crippen molar-refractivity contribution in [2.45, 2.75) is 43.6 Å². The summed E-state index contributed by atoms with van der Waals surface area (Å²) in [6, 6.07) is 17.6. The van der Waals surface area contributed by atoms with Gasteiger partial charge >= 0.3 is 0 Å². The Hall–Kier alpha value is -2.57. The molecular formula is C24H23ClN4OS. The zero-order valence-corrected chi connectivity index (χ0v) is 19.0. The maximum absolute atomic E-state index is 13.2. The maximum atomic E-state index is 13.2. The monoisotopic (exact) mass is 450 g/mol. The van der Waals surface area contributed by atoms with E-state index in [9.17, 15) is 4.79 Å². The summed E-state index contributed by atoms with van der Waals surface area (Å²) < 4.78 is 1.85. The first-order valence-electron chi connectivity index (χ1n) is 10.3. The van der Waals surface area contributed by atoms with E-state index in [0.717, 1.165) is 29.0 Å². The molecule has 1 aliphatic heterocycles. The molecule has 0 spiro atoms. The van der Waals surface area contributed by atoms with Gasteiger partial charge in [0, 0.05) is 28.5 Å². The Labute approximate surface area is 190 Å². The van der Waals surface area contributed by atoms with Gasteiger partial charge in [0.2, 0.25) is 11.1 Å². The highest BCUT2D eigenvalue weighted by Gasteiger charge is 2.41. The van der Waals surface area contributed by atoms with Gasteiger partial charge in [0.1, 0.15) is 6.04 Å². The summed E-state index contributed by atoms with van der Waals surface area (Å²) in [5, 5.41) is 9.58. The van der Waals surface area contributed by atoms with Crippen molar-refractivity contribution in [3.05, 3.63) is 82.0 Å². The number of anilines is 1. The van der Waals surface area contributed by atoms with E-state index in [1.807, 2.05) is 47.1 Å². The van der Waals surface area contributed by atoms with Crippen molar-refractivity contribution in [1.29, 1.82) is 0 Å². The Kier molecular flexibility index (Phi) is 5.15. The van der Waals surface area contributed by atoms with Crippen LogP contribution in [-0.2, 0) is 10.5 Å². The van der Waals surface area contributed by atoms with E-state index in [1.165, 1.54) is 5.56 Å². The minimum Gasteiger partial charge on any atom is -0.328 e. The van der Waals surface area contributed by atoms with Gasteiger partial charge in [0.15, 0.2) is 5.78 Å². The predicted octanol–water partition coefficient (Wildman–Crippen LogP) is 5.88. The molecule has 31 heavy (non-hydrogen) atoms. The summed E-state index contributed by atoms with van der Waals surface area (Å²) in [6.07, 6.45) is 1.33. The van der Waals surface area contributed by atoms with Crippen LogP contribution in [0.25, 0.3) is 0 Å². The summed E-state index contributed by atoms with van der Waals surface area (Å²) in [4.78, 5) is 18.0. The smallest absolute Gasteiger partial charge is 0.227 e. The molecule has 1 unspecified atom stereocenters. The van der Waals surface area contributed by atoms with Gasteiger partial charge in [-0.3, -0.25) is 4.79 Å². The molecule has 158 valence electrons. The third kappa shape index (κ3) is 4.02.